The van der Waals surface area contributed by atoms with Gasteiger partial charge in [0.15, 0.2) is 5.75 Å². The number of nitro groups is 1. The normalized spacial score (nSPS) is 10.9. The first-order valence-electron chi connectivity index (χ1n) is 9.24. The van der Waals surface area contributed by atoms with Gasteiger partial charge < -0.3 is 9.47 Å². The predicted octanol–water partition coefficient (Wildman–Crippen LogP) is 5.19. The van der Waals surface area contributed by atoms with E-state index in [1.165, 1.54) is 41.9 Å². The van der Waals surface area contributed by atoms with Crippen LogP contribution in [0.4, 0.5) is 10.8 Å². The molecule has 156 valence electrons. The van der Waals surface area contributed by atoms with E-state index in [1.807, 2.05) is 11.4 Å². The Morgan fingerprint density at radius 2 is 2.07 bits per heavy atom. The lowest BCUT2D eigenvalue weighted by molar-refractivity contribution is -0.385. The topological polar surface area (TPSA) is 98.9 Å². The molecule has 2 aromatic carbocycles. The molecule has 0 aliphatic rings. The van der Waals surface area contributed by atoms with Crippen LogP contribution in [-0.4, -0.2) is 29.8 Å². The number of thiazole rings is 1. The SMILES string of the molecule is CCOc1cc(/C=N\Nc2nc(-c3ccc(C)c(C)c3)cs2)cc([N+](=O)[O-])c1OC. The summed E-state index contributed by atoms with van der Waals surface area (Å²) in [6.07, 6.45) is 1.48. The lowest BCUT2D eigenvalue weighted by atomic mass is 10.1. The van der Waals surface area contributed by atoms with Crippen molar-refractivity contribution in [3.63, 3.8) is 0 Å². The number of benzene rings is 2. The summed E-state index contributed by atoms with van der Waals surface area (Å²) in [7, 11) is 1.37. The second-order valence-corrected chi connectivity index (χ2v) is 7.33. The van der Waals surface area contributed by atoms with E-state index in [9.17, 15) is 10.1 Å². The first kappa shape index (κ1) is 21.3. The van der Waals surface area contributed by atoms with Crippen molar-refractivity contribution in [2.24, 2.45) is 5.10 Å². The summed E-state index contributed by atoms with van der Waals surface area (Å²) in [5.41, 5.74) is 7.53. The zero-order chi connectivity index (χ0) is 21.7. The Hall–Kier alpha value is -3.46. The summed E-state index contributed by atoms with van der Waals surface area (Å²) in [5.74, 6) is 0.381. The van der Waals surface area contributed by atoms with Crippen LogP contribution in [0, 0.1) is 24.0 Å². The van der Waals surface area contributed by atoms with Gasteiger partial charge in [-0.2, -0.15) is 5.10 Å². The Morgan fingerprint density at radius 1 is 1.27 bits per heavy atom. The number of rotatable bonds is 8. The molecule has 0 saturated carbocycles. The second kappa shape index (κ2) is 9.36. The first-order valence-corrected chi connectivity index (χ1v) is 10.1. The summed E-state index contributed by atoms with van der Waals surface area (Å²) in [5, 5.41) is 18.1. The zero-order valence-electron chi connectivity index (χ0n) is 17.1. The van der Waals surface area contributed by atoms with Gasteiger partial charge in [-0.05, 0) is 44.0 Å². The van der Waals surface area contributed by atoms with Crippen LogP contribution in [0.2, 0.25) is 0 Å². The quantitative estimate of drug-likeness (QED) is 0.302. The van der Waals surface area contributed by atoms with E-state index in [0.29, 0.717) is 23.1 Å². The molecule has 0 spiro atoms. The summed E-state index contributed by atoms with van der Waals surface area (Å²) in [4.78, 5) is 15.4. The van der Waals surface area contributed by atoms with E-state index in [-0.39, 0.29) is 11.4 Å². The monoisotopic (exact) mass is 426 g/mol. The molecular formula is C21H22N4O4S. The average Bonchev–Trinajstić information content (AvgIpc) is 3.19. The molecule has 0 unspecified atom stereocenters. The van der Waals surface area contributed by atoms with E-state index in [2.05, 4.69) is 41.5 Å². The van der Waals surface area contributed by atoms with E-state index < -0.39 is 4.92 Å². The highest BCUT2D eigenvalue weighted by atomic mass is 32.1. The third kappa shape index (κ3) is 4.74. The van der Waals surface area contributed by atoms with Crippen LogP contribution in [0.15, 0.2) is 40.8 Å². The number of anilines is 1. The molecule has 30 heavy (non-hydrogen) atoms. The lowest BCUT2D eigenvalue weighted by Crippen LogP contribution is -2.01. The number of nitrogens with one attached hydrogen (secondary N) is 1. The van der Waals surface area contributed by atoms with Gasteiger partial charge in [-0.15, -0.1) is 11.3 Å². The molecule has 0 radical (unpaired) electrons. The van der Waals surface area contributed by atoms with Crippen LogP contribution in [0.25, 0.3) is 11.3 Å². The predicted molar refractivity (Wildman–Crippen MR) is 119 cm³/mol. The highest BCUT2D eigenvalue weighted by Gasteiger charge is 2.21. The summed E-state index contributed by atoms with van der Waals surface area (Å²) in [6.45, 7) is 6.29. The maximum Gasteiger partial charge on any atom is 0.315 e. The van der Waals surface area contributed by atoms with Crippen LogP contribution in [-0.2, 0) is 0 Å². The molecule has 1 heterocycles. The van der Waals surface area contributed by atoms with Crippen LogP contribution in [0.1, 0.15) is 23.6 Å². The Balaban J connectivity index is 1.79. The van der Waals surface area contributed by atoms with Gasteiger partial charge in [-0.3, -0.25) is 15.5 Å². The highest BCUT2D eigenvalue weighted by molar-refractivity contribution is 7.14. The number of aromatic nitrogens is 1. The van der Waals surface area contributed by atoms with E-state index in [0.717, 1.165) is 11.3 Å². The Morgan fingerprint density at radius 3 is 2.73 bits per heavy atom. The molecule has 0 amide bonds. The van der Waals surface area contributed by atoms with Gasteiger partial charge in [0.2, 0.25) is 10.9 Å². The summed E-state index contributed by atoms with van der Waals surface area (Å²) >= 11 is 1.43. The largest absolute Gasteiger partial charge is 0.490 e. The van der Waals surface area contributed by atoms with Gasteiger partial charge in [0.25, 0.3) is 0 Å². The fraction of sp³-hybridized carbons (Fsp3) is 0.238. The average molecular weight is 426 g/mol. The third-order valence-electron chi connectivity index (χ3n) is 4.44. The fourth-order valence-corrected chi connectivity index (χ4v) is 3.48. The molecule has 1 N–H and O–H groups in total. The van der Waals surface area contributed by atoms with E-state index in [4.69, 9.17) is 9.47 Å². The Labute approximate surface area is 178 Å². The minimum absolute atomic E-state index is 0.0879. The smallest absolute Gasteiger partial charge is 0.315 e. The van der Waals surface area contributed by atoms with E-state index >= 15 is 0 Å². The van der Waals surface area contributed by atoms with Gasteiger partial charge >= 0.3 is 5.69 Å². The van der Waals surface area contributed by atoms with Gasteiger partial charge in [0.05, 0.1) is 30.5 Å². The van der Waals surface area contributed by atoms with Gasteiger partial charge in [-0.1, -0.05) is 12.1 Å². The Kier molecular flexibility index (Phi) is 6.63. The minimum Gasteiger partial charge on any atom is -0.490 e. The van der Waals surface area contributed by atoms with Crippen molar-refractivity contribution in [1.29, 1.82) is 0 Å². The number of aryl methyl sites for hydroxylation is 2. The molecular weight excluding hydrogens is 404 g/mol. The fourth-order valence-electron chi connectivity index (χ4n) is 2.81. The molecule has 0 aliphatic carbocycles. The van der Waals surface area contributed by atoms with Crippen molar-refractivity contribution in [2.75, 3.05) is 19.1 Å². The van der Waals surface area contributed by atoms with Crippen LogP contribution in [0.5, 0.6) is 11.5 Å². The van der Waals surface area contributed by atoms with Crippen molar-refractivity contribution in [2.45, 2.75) is 20.8 Å². The van der Waals surface area contributed by atoms with Crippen LogP contribution < -0.4 is 14.9 Å². The van der Waals surface area contributed by atoms with Crippen molar-refractivity contribution in [1.82, 2.24) is 4.98 Å². The summed E-state index contributed by atoms with van der Waals surface area (Å²) < 4.78 is 10.6. The number of hydrogen-bond donors (Lipinski definition) is 1. The molecule has 0 aliphatic heterocycles. The molecule has 0 saturated heterocycles. The number of methoxy groups -OCH3 is 1. The highest BCUT2D eigenvalue weighted by Crippen LogP contribution is 2.37. The molecule has 8 nitrogen and oxygen atoms in total. The van der Waals surface area contributed by atoms with Crippen molar-refractivity contribution in [3.8, 4) is 22.8 Å². The molecule has 3 aromatic rings. The maximum absolute atomic E-state index is 11.4. The molecule has 1 aromatic heterocycles. The number of hydrazone groups is 1. The van der Waals surface area contributed by atoms with Crippen LogP contribution in [0.3, 0.4) is 0 Å². The zero-order valence-corrected chi connectivity index (χ0v) is 17.9. The minimum atomic E-state index is -0.511. The Bertz CT molecular complexity index is 1090. The number of ether oxygens (including phenoxy) is 2. The third-order valence-corrected chi connectivity index (χ3v) is 5.19. The molecule has 0 fully saturated rings. The van der Waals surface area contributed by atoms with Crippen molar-refractivity contribution < 1.29 is 14.4 Å². The lowest BCUT2D eigenvalue weighted by Gasteiger charge is -2.10. The standard InChI is InChI=1S/C21H22N4O4S/c1-5-29-19-10-15(9-18(25(26)27)20(19)28-4)11-22-24-21-23-17(12-30-21)16-7-6-13(2)14(3)8-16/h6-12H,5H2,1-4H3,(H,23,24)/b22-11-. The van der Waals surface area contributed by atoms with E-state index in [1.54, 1.807) is 13.0 Å². The van der Waals surface area contributed by atoms with Gasteiger partial charge in [0, 0.05) is 22.6 Å². The summed E-state index contributed by atoms with van der Waals surface area (Å²) in [6, 6.07) is 9.24. The number of nitrogens with zero attached hydrogens (tertiary/aromatic N) is 3. The molecule has 0 bridgehead atoms. The first-order chi connectivity index (χ1) is 14.4. The van der Waals surface area contributed by atoms with Gasteiger partial charge in [-0.25, -0.2) is 4.98 Å². The van der Waals surface area contributed by atoms with Crippen molar-refractivity contribution in [3.05, 3.63) is 62.5 Å². The number of hydrogen-bond acceptors (Lipinski definition) is 8. The van der Waals surface area contributed by atoms with Crippen molar-refractivity contribution >= 4 is 28.4 Å². The van der Waals surface area contributed by atoms with Crippen LogP contribution >= 0.6 is 11.3 Å². The maximum atomic E-state index is 11.4. The van der Waals surface area contributed by atoms with Gasteiger partial charge in [0.1, 0.15) is 0 Å². The number of nitro benzene ring substituents is 1. The molecule has 0 atom stereocenters. The molecule has 3 rings (SSSR count). The second-order valence-electron chi connectivity index (χ2n) is 6.47. The molecule has 9 heteroatoms.